The van der Waals surface area contributed by atoms with Crippen molar-refractivity contribution in [2.75, 3.05) is 0 Å². The van der Waals surface area contributed by atoms with Gasteiger partial charge in [0, 0.05) is 11.6 Å². The lowest BCUT2D eigenvalue weighted by Crippen LogP contribution is -2.11. The van der Waals surface area contributed by atoms with Gasteiger partial charge in [-0.3, -0.25) is 4.98 Å². The number of benzene rings is 1. The fourth-order valence-corrected chi connectivity index (χ4v) is 1.55. The maximum absolute atomic E-state index is 9.60. The number of phenolic OH excluding ortho intramolecular Hbond substituents is 1. The van der Waals surface area contributed by atoms with E-state index in [9.17, 15) is 5.11 Å². The molecule has 15 heavy (non-hydrogen) atoms. The molecule has 0 aliphatic rings. The summed E-state index contributed by atoms with van der Waals surface area (Å²) in [4.78, 5) is 4.30. The van der Waals surface area contributed by atoms with E-state index in [0.717, 1.165) is 5.39 Å². The van der Waals surface area contributed by atoms with E-state index in [1.165, 1.54) is 5.56 Å². The SMILES string of the molecule is CC(C)(C)c1cnc2c(O)cccc2c1. The Hall–Kier alpha value is -1.57. The Bertz CT molecular complexity index is 497. The molecule has 2 nitrogen and oxygen atoms in total. The number of fused-ring (bicyclic) bond motifs is 1. The van der Waals surface area contributed by atoms with Gasteiger partial charge in [-0.05, 0) is 23.1 Å². The second-order valence-corrected chi connectivity index (χ2v) is 4.82. The summed E-state index contributed by atoms with van der Waals surface area (Å²) in [5.74, 6) is 0.243. The molecule has 2 aromatic rings. The van der Waals surface area contributed by atoms with Crippen LogP contribution in [0.5, 0.6) is 5.75 Å². The Morgan fingerprint density at radius 1 is 1.20 bits per heavy atom. The highest BCUT2D eigenvalue weighted by Crippen LogP contribution is 2.27. The molecule has 78 valence electrons. The van der Waals surface area contributed by atoms with Gasteiger partial charge in [-0.2, -0.15) is 0 Å². The number of pyridine rings is 1. The molecule has 0 amide bonds. The van der Waals surface area contributed by atoms with Gasteiger partial charge >= 0.3 is 0 Å². The number of phenols is 1. The maximum Gasteiger partial charge on any atom is 0.141 e. The van der Waals surface area contributed by atoms with E-state index in [-0.39, 0.29) is 11.2 Å². The minimum atomic E-state index is 0.0899. The number of hydrogen-bond donors (Lipinski definition) is 1. The molecule has 2 rings (SSSR count). The van der Waals surface area contributed by atoms with Gasteiger partial charge < -0.3 is 5.11 Å². The molecule has 0 spiro atoms. The van der Waals surface area contributed by atoms with E-state index in [1.807, 2.05) is 18.3 Å². The van der Waals surface area contributed by atoms with Crippen LogP contribution in [-0.2, 0) is 5.41 Å². The molecule has 0 aliphatic carbocycles. The van der Waals surface area contributed by atoms with Gasteiger partial charge in [0.25, 0.3) is 0 Å². The van der Waals surface area contributed by atoms with Crippen molar-refractivity contribution in [3.05, 3.63) is 36.0 Å². The number of para-hydroxylation sites is 1. The van der Waals surface area contributed by atoms with Crippen molar-refractivity contribution in [2.24, 2.45) is 0 Å². The highest BCUT2D eigenvalue weighted by molar-refractivity contribution is 5.84. The minimum absolute atomic E-state index is 0.0899. The first kappa shape index (κ1) is 9.97. The zero-order chi connectivity index (χ0) is 11.1. The summed E-state index contributed by atoms with van der Waals surface area (Å²) in [5, 5.41) is 10.6. The highest BCUT2D eigenvalue weighted by atomic mass is 16.3. The van der Waals surface area contributed by atoms with Crippen LogP contribution >= 0.6 is 0 Å². The highest BCUT2D eigenvalue weighted by Gasteiger charge is 2.14. The maximum atomic E-state index is 9.60. The van der Waals surface area contributed by atoms with Crippen LogP contribution in [0.4, 0.5) is 0 Å². The van der Waals surface area contributed by atoms with E-state index < -0.39 is 0 Å². The van der Waals surface area contributed by atoms with Gasteiger partial charge in [-0.1, -0.05) is 32.9 Å². The first-order valence-corrected chi connectivity index (χ1v) is 5.07. The van der Waals surface area contributed by atoms with E-state index in [1.54, 1.807) is 6.07 Å². The van der Waals surface area contributed by atoms with Gasteiger partial charge in [-0.15, -0.1) is 0 Å². The summed E-state index contributed by atoms with van der Waals surface area (Å²) in [5.41, 5.74) is 1.94. The Morgan fingerprint density at radius 2 is 1.93 bits per heavy atom. The third-order valence-electron chi connectivity index (χ3n) is 2.56. The Morgan fingerprint density at radius 3 is 2.60 bits per heavy atom. The van der Waals surface area contributed by atoms with Crippen molar-refractivity contribution in [2.45, 2.75) is 26.2 Å². The zero-order valence-corrected chi connectivity index (χ0v) is 9.28. The van der Waals surface area contributed by atoms with Crippen molar-refractivity contribution < 1.29 is 5.11 Å². The van der Waals surface area contributed by atoms with Crippen LogP contribution in [0.25, 0.3) is 10.9 Å². The van der Waals surface area contributed by atoms with Crippen LogP contribution in [0.2, 0.25) is 0 Å². The minimum Gasteiger partial charge on any atom is -0.506 e. The first-order chi connectivity index (χ1) is 6.98. The molecule has 0 unspecified atom stereocenters. The number of rotatable bonds is 0. The molecular weight excluding hydrogens is 186 g/mol. The summed E-state index contributed by atoms with van der Waals surface area (Å²) in [6, 6.07) is 7.55. The monoisotopic (exact) mass is 201 g/mol. The second kappa shape index (κ2) is 3.23. The Balaban J connectivity index is 2.68. The van der Waals surface area contributed by atoms with E-state index in [0.29, 0.717) is 5.52 Å². The molecule has 0 saturated heterocycles. The molecule has 1 N–H and O–H groups in total. The summed E-state index contributed by atoms with van der Waals surface area (Å²) < 4.78 is 0. The number of nitrogens with zero attached hydrogens (tertiary/aromatic N) is 1. The van der Waals surface area contributed by atoms with Crippen molar-refractivity contribution in [3.8, 4) is 5.75 Å². The topological polar surface area (TPSA) is 33.1 Å². The van der Waals surface area contributed by atoms with Crippen LogP contribution < -0.4 is 0 Å². The standard InChI is InChI=1S/C13H15NO/c1-13(2,3)10-7-9-5-4-6-11(15)12(9)14-8-10/h4-8,15H,1-3H3. The lowest BCUT2D eigenvalue weighted by molar-refractivity contribution is 0.480. The van der Waals surface area contributed by atoms with E-state index in [4.69, 9.17) is 0 Å². The molecule has 0 atom stereocenters. The normalized spacial score (nSPS) is 11.9. The molecule has 0 bridgehead atoms. The third-order valence-corrected chi connectivity index (χ3v) is 2.56. The van der Waals surface area contributed by atoms with Crippen molar-refractivity contribution in [1.82, 2.24) is 4.98 Å². The molecular formula is C13H15NO. The van der Waals surface area contributed by atoms with Crippen molar-refractivity contribution >= 4 is 10.9 Å². The van der Waals surface area contributed by atoms with Gasteiger partial charge in [0.15, 0.2) is 0 Å². The van der Waals surface area contributed by atoms with Crippen molar-refractivity contribution in [3.63, 3.8) is 0 Å². The quantitative estimate of drug-likeness (QED) is 0.709. The van der Waals surface area contributed by atoms with Gasteiger partial charge in [-0.25, -0.2) is 0 Å². The summed E-state index contributed by atoms with van der Waals surface area (Å²) >= 11 is 0. The zero-order valence-electron chi connectivity index (χ0n) is 9.28. The average Bonchev–Trinajstić information content (AvgIpc) is 2.16. The van der Waals surface area contributed by atoms with Gasteiger partial charge in [0.2, 0.25) is 0 Å². The van der Waals surface area contributed by atoms with Crippen molar-refractivity contribution in [1.29, 1.82) is 0 Å². The first-order valence-electron chi connectivity index (χ1n) is 5.07. The van der Waals surface area contributed by atoms with Crippen LogP contribution in [0.15, 0.2) is 30.5 Å². The molecule has 2 heteroatoms. The molecule has 1 aromatic heterocycles. The van der Waals surface area contributed by atoms with Crippen LogP contribution in [0.3, 0.4) is 0 Å². The second-order valence-electron chi connectivity index (χ2n) is 4.82. The van der Waals surface area contributed by atoms with Gasteiger partial charge in [0.05, 0.1) is 0 Å². The predicted molar refractivity (Wildman–Crippen MR) is 62.1 cm³/mol. The average molecular weight is 201 g/mol. The van der Waals surface area contributed by atoms with E-state index >= 15 is 0 Å². The largest absolute Gasteiger partial charge is 0.506 e. The molecule has 1 heterocycles. The van der Waals surface area contributed by atoms with Crippen LogP contribution in [-0.4, -0.2) is 10.1 Å². The molecule has 0 fully saturated rings. The number of aromatic hydroxyl groups is 1. The Kier molecular flexibility index (Phi) is 2.14. The summed E-state index contributed by atoms with van der Waals surface area (Å²) in [6.45, 7) is 6.45. The predicted octanol–water partition coefficient (Wildman–Crippen LogP) is 3.24. The molecule has 0 radical (unpaired) electrons. The molecule has 0 aliphatic heterocycles. The smallest absolute Gasteiger partial charge is 0.141 e. The lowest BCUT2D eigenvalue weighted by Gasteiger charge is -2.18. The lowest BCUT2D eigenvalue weighted by atomic mass is 9.87. The number of aromatic nitrogens is 1. The summed E-state index contributed by atoms with van der Waals surface area (Å²) in [7, 11) is 0. The fourth-order valence-electron chi connectivity index (χ4n) is 1.55. The Labute approximate surface area is 89.6 Å². The van der Waals surface area contributed by atoms with Crippen LogP contribution in [0, 0.1) is 0 Å². The van der Waals surface area contributed by atoms with E-state index in [2.05, 4.69) is 31.8 Å². The summed E-state index contributed by atoms with van der Waals surface area (Å²) in [6.07, 6.45) is 1.84. The fraction of sp³-hybridized carbons (Fsp3) is 0.308. The molecule has 0 saturated carbocycles. The third kappa shape index (κ3) is 1.80. The molecule has 1 aromatic carbocycles. The van der Waals surface area contributed by atoms with Gasteiger partial charge in [0.1, 0.15) is 11.3 Å². The van der Waals surface area contributed by atoms with Crippen LogP contribution in [0.1, 0.15) is 26.3 Å². The number of hydrogen-bond acceptors (Lipinski definition) is 2.